The van der Waals surface area contributed by atoms with Crippen LogP contribution in [0.25, 0.3) is 0 Å². The standard InChI is InChI=1S/C22H33NO4/c1-4-23-9-20(3)14-5-12-18(23)22(14,17(26)7-16(20)25)15-6-13(24)11-8-21(12,15)19(27)10(11)2/h11-19,24-27H,2,4-9H2,1,3H3/t11-,12+,13-,14-,15-,16-,17+,18-,19-,20+,21+,22+/m1/s1. The van der Waals surface area contributed by atoms with Crippen LogP contribution >= 0.6 is 0 Å². The van der Waals surface area contributed by atoms with E-state index in [0.717, 1.165) is 31.5 Å². The van der Waals surface area contributed by atoms with Gasteiger partial charge >= 0.3 is 0 Å². The quantitative estimate of drug-likeness (QED) is 0.509. The Labute approximate surface area is 161 Å². The van der Waals surface area contributed by atoms with Crippen molar-refractivity contribution < 1.29 is 20.4 Å². The molecule has 0 radical (unpaired) electrons. The first-order valence-corrected chi connectivity index (χ1v) is 10.9. The second kappa shape index (κ2) is 4.81. The molecular weight excluding hydrogens is 342 g/mol. The molecule has 0 aromatic rings. The highest BCUT2D eigenvalue weighted by atomic mass is 16.3. The number of nitrogens with zero attached hydrogens (tertiary/aromatic N) is 1. The summed E-state index contributed by atoms with van der Waals surface area (Å²) in [6, 6.07) is 0.250. The Hall–Kier alpha value is -0.460. The summed E-state index contributed by atoms with van der Waals surface area (Å²) in [7, 11) is 0. The molecule has 0 amide bonds. The summed E-state index contributed by atoms with van der Waals surface area (Å²) in [4.78, 5) is 2.50. The van der Waals surface area contributed by atoms with Crippen LogP contribution in [0.2, 0.25) is 0 Å². The van der Waals surface area contributed by atoms with Crippen molar-refractivity contribution >= 4 is 0 Å². The highest BCUT2D eigenvalue weighted by molar-refractivity contribution is 5.39. The average Bonchev–Trinajstić information content (AvgIpc) is 3.15. The van der Waals surface area contributed by atoms with Crippen LogP contribution in [-0.2, 0) is 0 Å². The summed E-state index contributed by atoms with van der Waals surface area (Å²) >= 11 is 0. The molecule has 0 aromatic heterocycles. The highest BCUT2D eigenvalue weighted by Gasteiger charge is 2.85. The van der Waals surface area contributed by atoms with E-state index in [2.05, 4.69) is 25.3 Å². The molecule has 1 heterocycles. The van der Waals surface area contributed by atoms with Crippen LogP contribution in [0.1, 0.15) is 39.5 Å². The third-order valence-electron chi connectivity index (χ3n) is 10.7. The maximum atomic E-state index is 11.5. The van der Waals surface area contributed by atoms with Gasteiger partial charge in [-0.2, -0.15) is 0 Å². The largest absolute Gasteiger partial charge is 0.392 e. The summed E-state index contributed by atoms with van der Waals surface area (Å²) < 4.78 is 0. The average molecular weight is 376 g/mol. The molecule has 7 bridgehead atoms. The molecule has 6 rings (SSSR count). The van der Waals surface area contributed by atoms with Crippen molar-refractivity contribution in [1.29, 1.82) is 0 Å². The van der Waals surface area contributed by atoms with E-state index in [0.29, 0.717) is 18.8 Å². The number of aliphatic hydroxyl groups excluding tert-OH is 4. The molecule has 2 spiro atoms. The molecule has 150 valence electrons. The van der Waals surface area contributed by atoms with E-state index in [1.54, 1.807) is 0 Å². The van der Waals surface area contributed by atoms with Crippen molar-refractivity contribution in [3.05, 3.63) is 12.2 Å². The molecule has 6 fully saturated rings. The van der Waals surface area contributed by atoms with Gasteiger partial charge in [-0.25, -0.2) is 0 Å². The molecule has 1 aliphatic heterocycles. The molecule has 27 heavy (non-hydrogen) atoms. The molecule has 5 aliphatic carbocycles. The SMILES string of the molecule is C=C1[C@H]2C[C@@]3([C@@H]1O)[C@@H](C[C@H]2O)[C@]12[C@@H]4C[C@H]3[C@H]1N(CC)C[C@]4(C)[C@H](O)C[C@@H]2O. The van der Waals surface area contributed by atoms with Gasteiger partial charge in [-0.1, -0.05) is 20.4 Å². The Kier molecular flexibility index (Phi) is 3.10. The topological polar surface area (TPSA) is 84.2 Å². The summed E-state index contributed by atoms with van der Waals surface area (Å²) in [5, 5.41) is 44.8. The van der Waals surface area contributed by atoms with Gasteiger partial charge in [0.25, 0.3) is 0 Å². The first kappa shape index (κ1) is 17.4. The molecule has 0 unspecified atom stereocenters. The summed E-state index contributed by atoms with van der Waals surface area (Å²) in [6.07, 6.45) is 0.791. The Balaban J connectivity index is 1.61. The lowest BCUT2D eigenvalue weighted by Crippen LogP contribution is -2.72. The normalized spacial score (nSPS) is 66.3. The van der Waals surface area contributed by atoms with Crippen LogP contribution in [0, 0.1) is 39.9 Å². The van der Waals surface area contributed by atoms with Crippen LogP contribution in [0.4, 0.5) is 0 Å². The number of likely N-dealkylation sites (tertiary alicyclic amines) is 1. The number of fused-ring (bicyclic) bond motifs is 1. The van der Waals surface area contributed by atoms with Gasteiger partial charge in [0, 0.05) is 41.2 Å². The van der Waals surface area contributed by atoms with Crippen LogP contribution < -0.4 is 0 Å². The van der Waals surface area contributed by atoms with Gasteiger partial charge in [-0.05, 0) is 49.1 Å². The lowest BCUT2D eigenvalue weighted by molar-refractivity contribution is -0.249. The van der Waals surface area contributed by atoms with Gasteiger partial charge in [0.1, 0.15) is 0 Å². The zero-order valence-corrected chi connectivity index (χ0v) is 16.4. The minimum atomic E-state index is -0.570. The minimum absolute atomic E-state index is 0.000336. The van der Waals surface area contributed by atoms with Crippen molar-refractivity contribution in [3.63, 3.8) is 0 Å². The molecule has 6 aliphatic rings. The number of rotatable bonds is 1. The van der Waals surface area contributed by atoms with Crippen molar-refractivity contribution in [3.8, 4) is 0 Å². The van der Waals surface area contributed by atoms with Gasteiger partial charge < -0.3 is 20.4 Å². The maximum absolute atomic E-state index is 11.5. The zero-order chi connectivity index (χ0) is 19.1. The summed E-state index contributed by atoms with van der Waals surface area (Å²) in [6.45, 7) is 10.4. The second-order valence-electron chi connectivity index (χ2n) is 10.9. The van der Waals surface area contributed by atoms with Gasteiger partial charge in [0.05, 0.1) is 24.4 Å². The van der Waals surface area contributed by atoms with Crippen LogP contribution in [0.15, 0.2) is 12.2 Å². The maximum Gasteiger partial charge on any atom is 0.0813 e. The van der Waals surface area contributed by atoms with Crippen molar-refractivity contribution in [2.45, 2.75) is 70.0 Å². The Morgan fingerprint density at radius 3 is 2.52 bits per heavy atom. The molecule has 1 saturated heterocycles. The Morgan fingerprint density at radius 2 is 1.81 bits per heavy atom. The first-order valence-electron chi connectivity index (χ1n) is 10.9. The number of hydrogen-bond acceptors (Lipinski definition) is 5. The van der Waals surface area contributed by atoms with E-state index in [9.17, 15) is 20.4 Å². The lowest BCUT2D eigenvalue weighted by Gasteiger charge is -2.66. The van der Waals surface area contributed by atoms with Gasteiger partial charge in [-0.3, -0.25) is 4.90 Å². The molecule has 0 aromatic carbocycles. The second-order valence-corrected chi connectivity index (χ2v) is 10.9. The van der Waals surface area contributed by atoms with E-state index in [-0.39, 0.29) is 40.0 Å². The van der Waals surface area contributed by atoms with E-state index in [1.807, 2.05) is 0 Å². The zero-order valence-electron chi connectivity index (χ0n) is 16.4. The molecule has 12 atom stereocenters. The van der Waals surface area contributed by atoms with Gasteiger partial charge in [0.15, 0.2) is 0 Å². The Bertz CT molecular complexity index is 727. The molecule has 5 nitrogen and oxygen atoms in total. The fourth-order valence-corrected chi connectivity index (χ4v) is 9.95. The Morgan fingerprint density at radius 1 is 1.07 bits per heavy atom. The minimum Gasteiger partial charge on any atom is -0.392 e. The third kappa shape index (κ3) is 1.49. The summed E-state index contributed by atoms with van der Waals surface area (Å²) in [5.41, 5.74) is 0.0404. The lowest BCUT2D eigenvalue weighted by atomic mass is 9.43. The molecule has 4 N–H and O–H groups in total. The molecule has 5 saturated carbocycles. The predicted octanol–water partition coefficient (Wildman–Crippen LogP) is 0.763. The fraction of sp³-hybridized carbons (Fsp3) is 0.909. The highest BCUT2D eigenvalue weighted by Crippen LogP contribution is 2.83. The van der Waals surface area contributed by atoms with Crippen molar-refractivity contribution in [1.82, 2.24) is 4.90 Å². The van der Waals surface area contributed by atoms with E-state index < -0.39 is 24.4 Å². The van der Waals surface area contributed by atoms with E-state index >= 15 is 0 Å². The predicted molar refractivity (Wildman–Crippen MR) is 99.6 cm³/mol. The number of aliphatic hydroxyl groups is 4. The van der Waals surface area contributed by atoms with Crippen LogP contribution in [-0.4, -0.2) is 68.9 Å². The summed E-state index contributed by atoms with van der Waals surface area (Å²) in [5.74, 6) is 0.690. The van der Waals surface area contributed by atoms with E-state index in [1.165, 1.54) is 0 Å². The molecule has 5 heteroatoms. The smallest absolute Gasteiger partial charge is 0.0813 e. The monoisotopic (exact) mass is 375 g/mol. The van der Waals surface area contributed by atoms with Crippen LogP contribution in [0.5, 0.6) is 0 Å². The van der Waals surface area contributed by atoms with Crippen molar-refractivity contribution in [2.24, 2.45) is 39.9 Å². The van der Waals surface area contributed by atoms with Gasteiger partial charge in [0.2, 0.25) is 0 Å². The van der Waals surface area contributed by atoms with Crippen LogP contribution in [0.3, 0.4) is 0 Å². The first-order chi connectivity index (χ1) is 12.7. The number of hydrogen-bond donors (Lipinski definition) is 4. The number of piperidine rings is 1. The van der Waals surface area contributed by atoms with Crippen molar-refractivity contribution in [2.75, 3.05) is 13.1 Å². The molecular formula is C22H33NO4. The third-order valence-corrected chi connectivity index (χ3v) is 10.7. The fourth-order valence-electron chi connectivity index (χ4n) is 9.95. The van der Waals surface area contributed by atoms with Gasteiger partial charge in [-0.15, -0.1) is 0 Å². The van der Waals surface area contributed by atoms with E-state index in [4.69, 9.17) is 0 Å².